The van der Waals surface area contributed by atoms with Gasteiger partial charge < -0.3 is 10.1 Å². The number of anilines is 1. The van der Waals surface area contributed by atoms with E-state index in [4.69, 9.17) is 10.00 Å². The molecule has 3 rings (SSSR count). The maximum Gasteiger partial charge on any atom is 0.306 e. The lowest BCUT2D eigenvalue weighted by atomic mass is 9.86. The van der Waals surface area contributed by atoms with Gasteiger partial charge in [-0.25, -0.2) is 0 Å². The van der Waals surface area contributed by atoms with E-state index in [9.17, 15) is 19.7 Å². The molecule has 2 fully saturated rings. The summed E-state index contributed by atoms with van der Waals surface area (Å²) in [5.41, 5.74) is -0.120. The first-order valence-corrected chi connectivity index (χ1v) is 8.60. The van der Waals surface area contributed by atoms with Crippen LogP contribution >= 0.6 is 0 Å². The van der Waals surface area contributed by atoms with E-state index >= 15 is 0 Å². The molecule has 3 atom stereocenters. The third-order valence-electron chi connectivity index (χ3n) is 5.29. The van der Waals surface area contributed by atoms with Crippen LogP contribution in [0.2, 0.25) is 0 Å². The Kier molecular flexibility index (Phi) is 5.16. The highest BCUT2D eigenvalue weighted by Crippen LogP contribution is 2.49. The van der Waals surface area contributed by atoms with Gasteiger partial charge in [0.25, 0.3) is 11.6 Å². The molecule has 0 aliphatic heterocycles. The maximum atomic E-state index is 11.9. The number of hydrogen-bond acceptors (Lipinski definition) is 6. The number of nitrogens with one attached hydrogen (secondary N) is 1. The fraction of sp³-hybridized carbons (Fsp3) is 0.500. The van der Waals surface area contributed by atoms with Gasteiger partial charge in [0, 0.05) is 18.6 Å². The monoisotopic (exact) mass is 357 g/mol. The van der Waals surface area contributed by atoms with Crippen LogP contribution in [0.1, 0.15) is 37.7 Å². The number of nitro benzene ring substituents is 1. The Hall–Kier alpha value is -2.95. The van der Waals surface area contributed by atoms with Crippen LogP contribution in [0.25, 0.3) is 0 Å². The summed E-state index contributed by atoms with van der Waals surface area (Å²) in [5.74, 6) is 0.745. The predicted molar refractivity (Wildman–Crippen MR) is 91.0 cm³/mol. The second-order valence-electron chi connectivity index (χ2n) is 6.95. The number of carbonyl (C=O) groups is 2. The zero-order valence-electron chi connectivity index (χ0n) is 14.1. The van der Waals surface area contributed by atoms with Crippen molar-refractivity contribution in [2.45, 2.75) is 32.1 Å². The molecule has 0 spiro atoms. The Morgan fingerprint density at radius 2 is 2.15 bits per heavy atom. The van der Waals surface area contributed by atoms with Crippen molar-refractivity contribution in [1.82, 2.24) is 0 Å². The van der Waals surface area contributed by atoms with Gasteiger partial charge in [-0.05, 0) is 43.1 Å². The molecule has 2 bridgehead atoms. The van der Waals surface area contributed by atoms with Crippen molar-refractivity contribution in [3.8, 4) is 6.07 Å². The van der Waals surface area contributed by atoms with Gasteiger partial charge in [0.15, 0.2) is 6.61 Å². The Balaban J connectivity index is 1.49. The molecule has 1 N–H and O–H groups in total. The van der Waals surface area contributed by atoms with Crippen LogP contribution in [0, 0.1) is 39.2 Å². The third-order valence-corrected chi connectivity index (χ3v) is 5.29. The van der Waals surface area contributed by atoms with Crippen LogP contribution in [-0.4, -0.2) is 23.4 Å². The van der Waals surface area contributed by atoms with Gasteiger partial charge in [-0.15, -0.1) is 0 Å². The number of esters is 1. The highest BCUT2D eigenvalue weighted by Gasteiger charge is 2.40. The average molecular weight is 357 g/mol. The summed E-state index contributed by atoms with van der Waals surface area (Å²) < 4.78 is 5.04. The fourth-order valence-electron chi connectivity index (χ4n) is 4.08. The molecule has 0 heterocycles. The number of ether oxygens (including phenoxy) is 1. The summed E-state index contributed by atoms with van der Waals surface area (Å²) in [6.45, 7) is -0.443. The van der Waals surface area contributed by atoms with E-state index in [1.165, 1.54) is 31.4 Å². The fourth-order valence-corrected chi connectivity index (χ4v) is 4.08. The number of fused-ring (bicyclic) bond motifs is 2. The lowest BCUT2D eigenvalue weighted by molar-refractivity contribution is -0.384. The number of amides is 1. The minimum atomic E-state index is -0.621. The number of nitro groups is 1. The summed E-state index contributed by atoms with van der Waals surface area (Å²) in [5, 5.41) is 22.2. The maximum absolute atomic E-state index is 11.9. The minimum Gasteiger partial charge on any atom is -0.456 e. The number of nitrogens with zero attached hydrogens (tertiary/aromatic N) is 2. The second-order valence-corrected chi connectivity index (χ2v) is 6.95. The predicted octanol–water partition coefficient (Wildman–Crippen LogP) is 2.77. The highest BCUT2D eigenvalue weighted by atomic mass is 16.6. The SMILES string of the molecule is N#Cc1cc([N+](=O)[O-])ccc1NC(=O)COC(=O)C[C@@H]1C[C@H]2CC[C@@H]1C2. The van der Waals surface area contributed by atoms with E-state index in [1.54, 1.807) is 6.07 Å². The highest BCUT2D eigenvalue weighted by molar-refractivity contribution is 5.94. The van der Waals surface area contributed by atoms with Crippen LogP contribution in [0.5, 0.6) is 0 Å². The standard InChI is InChI=1S/C18H19N3O5/c19-9-14-7-15(21(24)25)3-4-16(14)20-17(22)10-26-18(23)8-13-6-11-1-2-12(13)5-11/h3-4,7,11-13H,1-2,5-6,8,10H2,(H,20,22)/t11-,12+,13-/m0/s1. The van der Waals surface area contributed by atoms with Gasteiger partial charge in [0.05, 0.1) is 16.2 Å². The van der Waals surface area contributed by atoms with E-state index in [0.29, 0.717) is 18.3 Å². The zero-order valence-corrected chi connectivity index (χ0v) is 14.1. The van der Waals surface area contributed by atoms with Crippen LogP contribution < -0.4 is 5.32 Å². The van der Waals surface area contributed by atoms with Crippen LogP contribution in [-0.2, 0) is 14.3 Å². The summed E-state index contributed by atoms with van der Waals surface area (Å²) >= 11 is 0. The van der Waals surface area contributed by atoms with Crippen molar-refractivity contribution in [2.24, 2.45) is 17.8 Å². The van der Waals surface area contributed by atoms with Gasteiger partial charge in [0.1, 0.15) is 6.07 Å². The molecular formula is C18H19N3O5. The Labute approximate surface area is 150 Å². The lowest BCUT2D eigenvalue weighted by Crippen LogP contribution is -2.23. The molecule has 8 heteroatoms. The topological polar surface area (TPSA) is 122 Å². The van der Waals surface area contributed by atoms with Crippen LogP contribution in [0.3, 0.4) is 0 Å². The molecule has 8 nitrogen and oxygen atoms in total. The zero-order chi connectivity index (χ0) is 18.7. The largest absolute Gasteiger partial charge is 0.456 e. The molecule has 136 valence electrons. The Morgan fingerprint density at radius 3 is 2.77 bits per heavy atom. The summed E-state index contributed by atoms with van der Waals surface area (Å²) in [4.78, 5) is 34.0. The molecule has 26 heavy (non-hydrogen) atoms. The molecule has 2 aliphatic carbocycles. The molecular weight excluding hydrogens is 338 g/mol. The van der Waals surface area contributed by atoms with Gasteiger partial charge in [-0.2, -0.15) is 5.26 Å². The molecule has 1 amide bonds. The number of nitriles is 1. The third kappa shape index (κ3) is 3.99. The van der Waals surface area contributed by atoms with E-state index in [2.05, 4.69) is 5.32 Å². The first kappa shape index (κ1) is 17.9. The quantitative estimate of drug-likeness (QED) is 0.474. The van der Waals surface area contributed by atoms with E-state index < -0.39 is 17.4 Å². The van der Waals surface area contributed by atoms with Crippen molar-refractivity contribution in [1.29, 1.82) is 5.26 Å². The normalized spacial score (nSPS) is 23.3. The van der Waals surface area contributed by atoms with Crippen molar-refractivity contribution in [3.05, 3.63) is 33.9 Å². The first-order valence-electron chi connectivity index (χ1n) is 8.60. The van der Waals surface area contributed by atoms with E-state index in [0.717, 1.165) is 18.4 Å². The van der Waals surface area contributed by atoms with Crippen LogP contribution in [0.4, 0.5) is 11.4 Å². The molecule has 2 aliphatic rings. The van der Waals surface area contributed by atoms with Crippen molar-refractivity contribution < 1.29 is 19.2 Å². The number of carbonyl (C=O) groups excluding carboxylic acids is 2. The molecule has 0 radical (unpaired) electrons. The molecule has 1 aromatic rings. The van der Waals surface area contributed by atoms with Gasteiger partial charge >= 0.3 is 5.97 Å². The van der Waals surface area contributed by atoms with Gasteiger partial charge in [-0.3, -0.25) is 19.7 Å². The summed E-state index contributed by atoms with van der Waals surface area (Å²) in [6.07, 6.45) is 5.06. The van der Waals surface area contributed by atoms with Gasteiger partial charge in [-0.1, -0.05) is 6.42 Å². The smallest absolute Gasteiger partial charge is 0.306 e. The molecule has 2 saturated carbocycles. The molecule has 0 aromatic heterocycles. The van der Waals surface area contributed by atoms with Gasteiger partial charge in [0.2, 0.25) is 0 Å². The van der Waals surface area contributed by atoms with E-state index in [-0.39, 0.29) is 22.9 Å². The summed E-state index contributed by atoms with van der Waals surface area (Å²) in [7, 11) is 0. The van der Waals surface area contributed by atoms with Crippen molar-refractivity contribution >= 4 is 23.3 Å². The molecule has 0 unspecified atom stereocenters. The second kappa shape index (κ2) is 7.52. The summed E-state index contributed by atoms with van der Waals surface area (Å²) in [6, 6.07) is 5.35. The van der Waals surface area contributed by atoms with Crippen molar-refractivity contribution in [3.63, 3.8) is 0 Å². The molecule has 1 aromatic carbocycles. The number of rotatable bonds is 6. The Bertz CT molecular complexity index is 786. The lowest BCUT2D eigenvalue weighted by Gasteiger charge is -2.20. The number of hydrogen-bond donors (Lipinski definition) is 1. The molecule has 0 saturated heterocycles. The number of benzene rings is 1. The van der Waals surface area contributed by atoms with Crippen LogP contribution in [0.15, 0.2) is 18.2 Å². The minimum absolute atomic E-state index is 0.0270. The number of non-ortho nitro benzene ring substituents is 1. The Morgan fingerprint density at radius 1 is 1.35 bits per heavy atom. The average Bonchev–Trinajstić information content (AvgIpc) is 3.23. The van der Waals surface area contributed by atoms with E-state index in [1.807, 2.05) is 0 Å². The van der Waals surface area contributed by atoms with Crippen molar-refractivity contribution in [2.75, 3.05) is 11.9 Å². The first-order chi connectivity index (χ1) is 12.5.